The second-order valence-electron chi connectivity index (χ2n) is 4.68. The van der Waals surface area contributed by atoms with Crippen LogP contribution in [0.1, 0.15) is 11.1 Å². The molecule has 19 heavy (non-hydrogen) atoms. The predicted molar refractivity (Wildman–Crippen MR) is 78.0 cm³/mol. The van der Waals surface area contributed by atoms with Crippen molar-refractivity contribution >= 4 is 15.9 Å². The third kappa shape index (κ3) is 3.14. The number of nitrogens with zero attached hydrogens (tertiary/aromatic N) is 2. The standard InChI is InChI=1S/C15H15BrN2O/c16-14-7-12(8-17-9-14)10-18-5-6-19-15-4-2-1-3-13(15)11-18/h1-4,7-9H,5-6,10-11H2. The molecule has 0 amide bonds. The number of fused-ring (bicyclic) bond motifs is 1. The lowest BCUT2D eigenvalue weighted by Gasteiger charge is -2.19. The summed E-state index contributed by atoms with van der Waals surface area (Å²) in [7, 11) is 0. The Kier molecular flexibility index (Phi) is 3.80. The zero-order valence-electron chi connectivity index (χ0n) is 10.6. The zero-order valence-corrected chi connectivity index (χ0v) is 12.1. The van der Waals surface area contributed by atoms with Crippen molar-refractivity contribution < 1.29 is 4.74 Å². The Bertz CT molecular complexity index is 574. The van der Waals surface area contributed by atoms with Crippen molar-refractivity contribution in [1.29, 1.82) is 0 Å². The highest BCUT2D eigenvalue weighted by atomic mass is 79.9. The first kappa shape index (κ1) is 12.6. The summed E-state index contributed by atoms with van der Waals surface area (Å²) in [6.45, 7) is 3.48. The number of pyridine rings is 1. The van der Waals surface area contributed by atoms with Crippen LogP contribution >= 0.6 is 15.9 Å². The minimum absolute atomic E-state index is 0.735. The van der Waals surface area contributed by atoms with Crippen molar-refractivity contribution in [2.24, 2.45) is 0 Å². The van der Waals surface area contributed by atoms with Gasteiger partial charge >= 0.3 is 0 Å². The Morgan fingerprint density at radius 2 is 2.16 bits per heavy atom. The molecule has 3 rings (SSSR count). The van der Waals surface area contributed by atoms with E-state index in [4.69, 9.17) is 4.74 Å². The number of para-hydroxylation sites is 1. The largest absolute Gasteiger partial charge is 0.492 e. The van der Waals surface area contributed by atoms with E-state index in [9.17, 15) is 0 Å². The third-order valence-corrected chi connectivity index (χ3v) is 3.63. The molecule has 1 aliphatic rings. The first-order chi connectivity index (χ1) is 9.31. The molecule has 3 nitrogen and oxygen atoms in total. The molecular formula is C15H15BrN2O. The van der Waals surface area contributed by atoms with Gasteiger partial charge in [0.1, 0.15) is 12.4 Å². The maximum absolute atomic E-state index is 5.77. The van der Waals surface area contributed by atoms with Crippen molar-refractivity contribution in [3.05, 3.63) is 58.3 Å². The van der Waals surface area contributed by atoms with Crippen LogP contribution in [0.5, 0.6) is 5.75 Å². The fourth-order valence-electron chi connectivity index (χ4n) is 2.32. The average Bonchev–Trinajstić information content (AvgIpc) is 2.60. The molecule has 0 bridgehead atoms. The minimum atomic E-state index is 0.735. The van der Waals surface area contributed by atoms with Crippen LogP contribution < -0.4 is 4.74 Å². The van der Waals surface area contributed by atoms with Gasteiger partial charge in [-0.1, -0.05) is 18.2 Å². The summed E-state index contributed by atoms with van der Waals surface area (Å²) in [4.78, 5) is 6.60. The van der Waals surface area contributed by atoms with Gasteiger partial charge in [-0.15, -0.1) is 0 Å². The summed E-state index contributed by atoms with van der Waals surface area (Å²) >= 11 is 3.46. The molecule has 1 aliphatic heterocycles. The number of halogens is 1. The lowest BCUT2D eigenvalue weighted by Crippen LogP contribution is -2.25. The second-order valence-corrected chi connectivity index (χ2v) is 5.59. The number of aromatic nitrogens is 1. The molecule has 1 aromatic carbocycles. The molecule has 0 spiro atoms. The van der Waals surface area contributed by atoms with Gasteiger partial charge in [-0.25, -0.2) is 0 Å². The van der Waals surface area contributed by atoms with Gasteiger partial charge in [-0.2, -0.15) is 0 Å². The van der Waals surface area contributed by atoms with Crippen LogP contribution in [0, 0.1) is 0 Å². The number of hydrogen-bond donors (Lipinski definition) is 0. The summed E-state index contributed by atoms with van der Waals surface area (Å²) in [6, 6.07) is 10.4. The Hall–Kier alpha value is -1.39. The summed E-state index contributed by atoms with van der Waals surface area (Å²) < 4.78 is 6.80. The Balaban J connectivity index is 1.76. The van der Waals surface area contributed by atoms with Gasteiger partial charge in [0.25, 0.3) is 0 Å². The van der Waals surface area contributed by atoms with Crippen LogP contribution in [-0.2, 0) is 13.1 Å². The molecule has 0 saturated carbocycles. The van der Waals surface area contributed by atoms with E-state index in [1.807, 2.05) is 24.5 Å². The van der Waals surface area contributed by atoms with E-state index in [2.05, 4.69) is 44.0 Å². The molecule has 0 fully saturated rings. The molecular weight excluding hydrogens is 304 g/mol. The van der Waals surface area contributed by atoms with Crippen molar-refractivity contribution in [2.45, 2.75) is 13.1 Å². The molecule has 0 radical (unpaired) electrons. The van der Waals surface area contributed by atoms with Crippen molar-refractivity contribution in [1.82, 2.24) is 9.88 Å². The Morgan fingerprint density at radius 1 is 1.26 bits per heavy atom. The van der Waals surface area contributed by atoms with Gasteiger partial charge in [-0.05, 0) is 33.6 Å². The second kappa shape index (κ2) is 5.72. The average molecular weight is 319 g/mol. The summed E-state index contributed by atoms with van der Waals surface area (Å²) in [6.07, 6.45) is 3.73. The van der Waals surface area contributed by atoms with Crippen LogP contribution in [-0.4, -0.2) is 23.0 Å². The van der Waals surface area contributed by atoms with Crippen LogP contribution in [0.4, 0.5) is 0 Å². The van der Waals surface area contributed by atoms with E-state index < -0.39 is 0 Å². The zero-order chi connectivity index (χ0) is 13.1. The predicted octanol–water partition coefficient (Wildman–Crippen LogP) is 3.24. The van der Waals surface area contributed by atoms with Crippen molar-refractivity contribution in [2.75, 3.05) is 13.2 Å². The molecule has 0 atom stereocenters. The van der Waals surface area contributed by atoms with Crippen LogP contribution in [0.2, 0.25) is 0 Å². The SMILES string of the molecule is Brc1cncc(CN2CCOc3ccccc3C2)c1. The lowest BCUT2D eigenvalue weighted by atomic mass is 10.2. The molecule has 98 valence electrons. The third-order valence-electron chi connectivity index (χ3n) is 3.20. The molecule has 4 heteroatoms. The summed E-state index contributed by atoms with van der Waals surface area (Å²) in [5, 5.41) is 0. The normalized spacial score (nSPS) is 15.4. The van der Waals surface area contributed by atoms with Gasteiger partial charge in [0, 0.05) is 42.1 Å². The summed E-state index contributed by atoms with van der Waals surface area (Å²) in [5.74, 6) is 1.01. The van der Waals surface area contributed by atoms with Gasteiger partial charge < -0.3 is 4.74 Å². The van der Waals surface area contributed by atoms with E-state index in [0.717, 1.165) is 36.5 Å². The van der Waals surface area contributed by atoms with E-state index in [-0.39, 0.29) is 0 Å². The first-order valence-corrected chi connectivity index (χ1v) is 7.13. The first-order valence-electron chi connectivity index (χ1n) is 6.34. The van der Waals surface area contributed by atoms with Crippen molar-refractivity contribution in [3.63, 3.8) is 0 Å². The minimum Gasteiger partial charge on any atom is -0.492 e. The molecule has 1 aromatic heterocycles. The number of benzene rings is 1. The van der Waals surface area contributed by atoms with Gasteiger partial charge in [0.15, 0.2) is 0 Å². The van der Waals surface area contributed by atoms with E-state index in [1.54, 1.807) is 0 Å². The molecule has 0 aliphatic carbocycles. The van der Waals surface area contributed by atoms with E-state index >= 15 is 0 Å². The highest BCUT2D eigenvalue weighted by Crippen LogP contribution is 2.23. The smallest absolute Gasteiger partial charge is 0.123 e. The highest BCUT2D eigenvalue weighted by molar-refractivity contribution is 9.10. The maximum Gasteiger partial charge on any atom is 0.123 e. The lowest BCUT2D eigenvalue weighted by molar-refractivity contribution is 0.219. The molecule has 0 saturated heterocycles. The topological polar surface area (TPSA) is 25.4 Å². The van der Waals surface area contributed by atoms with Crippen LogP contribution in [0.15, 0.2) is 47.2 Å². The number of rotatable bonds is 2. The fraction of sp³-hybridized carbons (Fsp3) is 0.267. The fourth-order valence-corrected chi connectivity index (χ4v) is 2.73. The maximum atomic E-state index is 5.77. The monoisotopic (exact) mass is 318 g/mol. The van der Waals surface area contributed by atoms with Gasteiger partial charge in [-0.3, -0.25) is 9.88 Å². The van der Waals surface area contributed by atoms with Crippen LogP contribution in [0.25, 0.3) is 0 Å². The number of ether oxygens (including phenoxy) is 1. The van der Waals surface area contributed by atoms with Gasteiger partial charge in [0.05, 0.1) is 0 Å². The Morgan fingerprint density at radius 3 is 3.05 bits per heavy atom. The molecule has 2 heterocycles. The molecule has 2 aromatic rings. The number of hydrogen-bond acceptors (Lipinski definition) is 3. The van der Waals surface area contributed by atoms with Crippen LogP contribution in [0.3, 0.4) is 0 Å². The van der Waals surface area contributed by atoms with Crippen molar-refractivity contribution in [3.8, 4) is 5.75 Å². The van der Waals surface area contributed by atoms with E-state index in [0.29, 0.717) is 0 Å². The molecule has 0 N–H and O–H groups in total. The highest BCUT2D eigenvalue weighted by Gasteiger charge is 2.15. The Labute approximate surface area is 121 Å². The summed E-state index contributed by atoms with van der Waals surface area (Å²) in [5.41, 5.74) is 2.47. The quantitative estimate of drug-likeness (QED) is 0.850. The van der Waals surface area contributed by atoms with Gasteiger partial charge in [0.2, 0.25) is 0 Å². The van der Waals surface area contributed by atoms with E-state index in [1.165, 1.54) is 11.1 Å². The molecule has 0 unspecified atom stereocenters.